The molecule has 2 saturated carbocycles. The van der Waals surface area contributed by atoms with E-state index in [-0.39, 0.29) is 0 Å². The highest BCUT2D eigenvalue weighted by molar-refractivity contribution is 5.64. The highest BCUT2D eigenvalue weighted by Gasteiger charge is 2.45. The maximum absolute atomic E-state index is 13.4. The van der Waals surface area contributed by atoms with Gasteiger partial charge in [0.05, 0.1) is 0 Å². The molecular weight excluding hydrogens is 321 g/mol. The summed E-state index contributed by atoms with van der Waals surface area (Å²) in [6.07, 6.45) is 7.83. The Labute approximate surface area is 147 Å². The second-order valence-electron chi connectivity index (χ2n) is 8.08. The van der Waals surface area contributed by atoms with Crippen molar-refractivity contribution in [1.82, 2.24) is 0 Å². The van der Waals surface area contributed by atoms with Crippen molar-refractivity contribution in [3.63, 3.8) is 0 Å². The molecule has 0 bridgehead atoms. The first kappa shape index (κ1) is 16.7. The van der Waals surface area contributed by atoms with Gasteiger partial charge in [-0.1, -0.05) is 31.2 Å². The predicted octanol–water partition coefficient (Wildman–Crippen LogP) is 6.84. The minimum absolute atomic E-state index is 0.369. The zero-order chi connectivity index (χ0) is 17.6. The summed E-state index contributed by atoms with van der Waals surface area (Å²) < 4.78 is 39.9. The van der Waals surface area contributed by atoms with Crippen molar-refractivity contribution in [2.75, 3.05) is 0 Å². The minimum Gasteiger partial charge on any atom is -0.204 e. The Balaban J connectivity index is 1.47. The molecule has 0 saturated heterocycles. The molecule has 0 N–H and O–H groups in total. The molecule has 0 heterocycles. The molecule has 0 amide bonds. The maximum Gasteiger partial charge on any atom is 0.194 e. The highest BCUT2D eigenvalue weighted by atomic mass is 19.2. The Morgan fingerprint density at radius 1 is 0.800 bits per heavy atom. The minimum atomic E-state index is -1.42. The van der Waals surface area contributed by atoms with E-state index >= 15 is 0 Å². The average molecular weight is 344 g/mol. The molecular formula is C22H23F3. The zero-order valence-electron chi connectivity index (χ0n) is 14.5. The van der Waals surface area contributed by atoms with Crippen LogP contribution < -0.4 is 0 Å². The molecule has 132 valence electrons. The fourth-order valence-electron chi connectivity index (χ4n) is 4.40. The number of hydrogen-bond acceptors (Lipinski definition) is 0. The van der Waals surface area contributed by atoms with Gasteiger partial charge in [0.1, 0.15) is 0 Å². The van der Waals surface area contributed by atoms with Crippen molar-refractivity contribution < 1.29 is 13.2 Å². The van der Waals surface area contributed by atoms with Gasteiger partial charge in [0.15, 0.2) is 17.5 Å². The third-order valence-electron chi connectivity index (χ3n) is 6.45. The molecule has 0 atom stereocenters. The number of hydrogen-bond donors (Lipinski definition) is 0. The smallest absolute Gasteiger partial charge is 0.194 e. The summed E-state index contributed by atoms with van der Waals surface area (Å²) in [5.41, 5.74) is 2.99. The Morgan fingerprint density at radius 2 is 1.36 bits per heavy atom. The monoisotopic (exact) mass is 344 g/mol. The van der Waals surface area contributed by atoms with Crippen LogP contribution >= 0.6 is 0 Å². The van der Waals surface area contributed by atoms with Crippen LogP contribution in [0.5, 0.6) is 0 Å². The van der Waals surface area contributed by atoms with E-state index in [0.29, 0.717) is 22.5 Å². The van der Waals surface area contributed by atoms with Crippen molar-refractivity contribution in [3.05, 3.63) is 59.4 Å². The molecule has 0 nitrogen and oxygen atoms in total. The molecule has 0 radical (unpaired) electrons. The molecule has 3 heteroatoms. The van der Waals surface area contributed by atoms with Gasteiger partial charge in [0.25, 0.3) is 0 Å². The van der Waals surface area contributed by atoms with Crippen molar-refractivity contribution >= 4 is 0 Å². The van der Waals surface area contributed by atoms with Gasteiger partial charge in [-0.2, -0.15) is 0 Å². The summed E-state index contributed by atoms with van der Waals surface area (Å²) in [4.78, 5) is 0. The number of rotatable bonds is 3. The van der Waals surface area contributed by atoms with E-state index < -0.39 is 17.5 Å². The van der Waals surface area contributed by atoms with Gasteiger partial charge in [0.2, 0.25) is 0 Å². The van der Waals surface area contributed by atoms with E-state index in [4.69, 9.17) is 0 Å². The van der Waals surface area contributed by atoms with Crippen molar-refractivity contribution in [2.24, 2.45) is 11.3 Å². The van der Waals surface area contributed by atoms with Crippen LogP contribution in [0.15, 0.2) is 36.4 Å². The van der Waals surface area contributed by atoms with Crippen molar-refractivity contribution in [3.8, 4) is 11.1 Å². The molecule has 2 aliphatic rings. The lowest BCUT2D eigenvalue weighted by molar-refractivity contribution is 0.229. The Kier molecular flexibility index (Phi) is 4.13. The van der Waals surface area contributed by atoms with Gasteiger partial charge in [-0.3, -0.25) is 0 Å². The normalized spacial score (nSPS) is 25.0. The highest BCUT2D eigenvalue weighted by Crippen LogP contribution is 2.57. The number of halogens is 3. The Hall–Kier alpha value is -1.77. The van der Waals surface area contributed by atoms with Gasteiger partial charge >= 0.3 is 0 Å². The molecule has 0 aliphatic heterocycles. The lowest BCUT2D eigenvalue weighted by Crippen LogP contribution is -2.20. The molecule has 0 spiro atoms. The zero-order valence-corrected chi connectivity index (χ0v) is 14.5. The van der Waals surface area contributed by atoms with Crippen molar-refractivity contribution in [1.29, 1.82) is 0 Å². The molecule has 2 aromatic rings. The molecule has 2 fully saturated rings. The lowest BCUT2D eigenvalue weighted by atomic mass is 9.73. The maximum atomic E-state index is 13.4. The second kappa shape index (κ2) is 6.19. The second-order valence-corrected chi connectivity index (χ2v) is 8.08. The molecule has 25 heavy (non-hydrogen) atoms. The van der Waals surface area contributed by atoms with Crippen LogP contribution in [0.2, 0.25) is 0 Å². The van der Waals surface area contributed by atoms with E-state index in [1.807, 2.05) is 12.1 Å². The van der Waals surface area contributed by atoms with Crippen molar-refractivity contribution in [2.45, 2.75) is 51.4 Å². The van der Waals surface area contributed by atoms with E-state index in [0.717, 1.165) is 18.1 Å². The first-order chi connectivity index (χ1) is 12.0. The first-order valence-electron chi connectivity index (χ1n) is 9.21. The molecule has 0 unspecified atom stereocenters. The first-order valence-corrected chi connectivity index (χ1v) is 9.21. The molecule has 0 aromatic heterocycles. The van der Waals surface area contributed by atoms with Gasteiger partial charge in [0, 0.05) is 0 Å². The number of benzene rings is 2. The van der Waals surface area contributed by atoms with Gasteiger partial charge in [-0.15, -0.1) is 0 Å². The van der Waals surface area contributed by atoms with Crippen LogP contribution in [-0.2, 0) is 0 Å². The quantitative estimate of drug-likeness (QED) is 0.534. The molecule has 2 aromatic carbocycles. The fourth-order valence-corrected chi connectivity index (χ4v) is 4.40. The summed E-state index contributed by atoms with van der Waals surface area (Å²) in [6, 6.07) is 9.98. The van der Waals surface area contributed by atoms with E-state index in [9.17, 15) is 13.2 Å². The third kappa shape index (κ3) is 3.21. The van der Waals surface area contributed by atoms with E-state index in [1.54, 1.807) is 0 Å². The van der Waals surface area contributed by atoms with Crippen LogP contribution in [-0.4, -0.2) is 0 Å². The van der Waals surface area contributed by atoms with Crippen LogP contribution in [0.3, 0.4) is 0 Å². The van der Waals surface area contributed by atoms with Crippen LogP contribution in [0.1, 0.15) is 56.9 Å². The summed E-state index contributed by atoms with van der Waals surface area (Å²) in [5.74, 6) is -2.25. The summed E-state index contributed by atoms with van der Waals surface area (Å²) in [7, 11) is 0. The average Bonchev–Trinajstić information content (AvgIpc) is 3.38. The summed E-state index contributed by atoms with van der Waals surface area (Å²) in [6.45, 7) is 2.42. The van der Waals surface area contributed by atoms with E-state index in [2.05, 4.69) is 19.1 Å². The third-order valence-corrected chi connectivity index (χ3v) is 6.45. The Bertz CT molecular complexity index is 743. The van der Waals surface area contributed by atoms with Crippen LogP contribution in [0, 0.1) is 28.8 Å². The van der Waals surface area contributed by atoms with Gasteiger partial charge in [-0.25, -0.2) is 13.2 Å². The van der Waals surface area contributed by atoms with Gasteiger partial charge < -0.3 is 0 Å². The fraction of sp³-hybridized carbons (Fsp3) is 0.455. The standard InChI is InChI=1S/C22H23F3/c1-22(10-11-22)18-8-6-15(7-9-18)14-2-4-16(5-3-14)17-12-19(23)21(25)20(24)13-17/h2-5,12-13,15,18H,6-11H2,1H3. The SMILES string of the molecule is CC1(C2CCC(c3ccc(-c4cc(F)c(F)c(F)c4)cc3)CC2)CC1. The van der Waals surface area contributed by atoms with Crippen LogP contribution in [0.25, 0.3) is 11.1 Å². The molecule has 4 rings (SSSR count). The Morgan fingerprint density at radius 3 is 1.88 bits per heavy atom. The predicted molar refractivity (Wildman–Crippen MR) is 93.8 cm³/mol. The largest absolute Gasteiger partial charge is 0.204 e. The molecule has 2 aliphatic carbocycles. The lowest BCUT2D eigenvalue weighted by Gasteiger charge is -2.32. The summed E-state index contributed by atoms with van der Waals surface area (Å²) >= 11 is 0. The van der Waals surface area contributed by atoms with Crippen LogP contribution in [0.4, 0.5) is 13.2 Å². The van der Waals surface area contributed by atoms with E-state index in [1.165, 1.54) is 44.1 Å². The topological polar surface area (TPSA) is 0 Å². The van der Waals surface area contributed by atoms with Gasteiger partial charge in [-0.05, 0) is 84.6 Å². The summed E-state index contributed by atoms with van der Waals surface area (Å²) in [5, 5.41) is 0.